The van der Waals surface area contributed by atoms with Gasteiger partial charge in [0.05, 0.1) is 0 Å². The van der Waals surface area contributed by atoms with Crippen LogP contribution >= 0.6 is 15.9 Å². The van der Waals surface area contributed by atoms with Crippen LogP contribution in [-0.2, 0) is 6.54 Å². The number of rotatable bonds is 4. The molecule has 2 nitrogen and oxygen atoms in total. The second kappa shape index (κ2) is 4.76. The van der Waals surface area contributed by atoms with E-state index in [4.69, 9.17) is 5.73 Å². The molecule has 0 aromatic heterocycles. The first-order chi connectivity index (χ1) is 7.63. The summed E-state index contributed by atoms with van der Waals surface area (Å²) in [7, 11) is 2.17. The molecule has 88 valence electrons. The maximum Gasteiger partial charge on any atom is 0.0412 e. The molecule has 2 N–H and O–H groups in total. The Hall–Kier alpha value is -0.540. The highest BCUT2D eigenvalue weighted by Crippen LogP contribution is 2.37. The molecule has 2 rings (SSSR count). The zero-order valence-electron chi connectivity index (χ0n) is 9.91. The molecule has 0 bridgehead atoms. The Balaban J connectivity index is 2.23. The molecule has 1 aromatic carbocycles. The van der Waals surface area contributed by atoms with Crippen molar-refractivity contribution in [1.82, 2.24) is 0 Å². The van der Waals surface area contributed by atoms with E-state index in [-0.39, 0.29) is 0 Å². The Morgan fingerprint density at radius 3 is 2.75 bits per heavy atom. The van der Waals surface area contributed by atoms with Crippen molar-refractivity contribution in [2.75, 3.05) is 11.9 Å². The predicted molar refractivity (Wildman–Crippen MR) is 72.6 cm³/mol. The molecular formula is C13H19BrN2. The van der Waals surface area contributed by atoms with Gasteiger partial charge in [-0.15, -0.1) is 0 Å². The second-order valence-electron chi connectivity index (χ2n) is 4.67. The zero-order valence-corrected chi connectivity index (χ0v) is 11.5. The van der Waals surface area contributed by atoms with Gasteiger partial charge in [0.15, 0.2) is 0 Å². The summed E-state index contributed by atoms with van der Waals surface area (Å²) >= 11 is 3.49. The van der Waals surface area contributed by atoms with Gasteiger partial charge in [-0.05, 0) is 49.4 Å². The molecule has 0 saturated heterocycles. The average molecular weight is 283 g/mol. The Labute approximate surface area is 106 Å². The molecule has 16 heavy (non-hydrogen) atoms. The van der Waals surface area contributed by atoms with Crippen LogP contribution in [0.3, 0.4) is 0 Å². The van der Waals surface area contributed by atoms with Crippen LogP contribution in [0.4, 0.5) is 5.69 Å². The molecule has 1 atom stereocenters. The Morgan fingerprint density at radius 1 is 1.50 bits per heavy atom. The fourth-order valence-electron chi connectivity index (χ4n) is 2.18. The summed E-state index contributed by atoms with van der Waals surface area (Å²) in [6.45, 7) is 2.90. The molecule has 0 spiro atoms. The van der Waals surface area contributed by atoms with Crippen molar-refractivity contribution in [2.45, 2.75) is 32.4 Å². The molecule has 3 heteroatoms. The number of nitrogens with zero attached hydrogens (tertiary/aromatic N) is 1. The first-order valence-corrected chi connectivity index (χ1v) is 6.64. The standard InChI is InChI=1S/C13H19BrN2/c1-9(10-3-4-10)16(2)13-6-5-12(14)7-11(13)8-15/h5-7,9-10H,3-4,8,15H2,1-2H3. The topological polar surface area (TPSA) is 29.3 Å². The van der Waals surface area contributed by atoms with Gasteiger partial charge in [-0.1, -0.05) is 15.9 Å². The normalized spacial score (nSPS) is 17.2. The third-order valence-corrected chi connectivity index (χ3v) is 4.05. The van der Waals surface area contributed by atoms with Crippen LogP contribution in [0.25, 0.3) is 0 Å². The van der Waals surface area contributed by atoms with Crippen molar-refractivity contribution in [3.8, 4) is 0 Å². The summed E-state index contributed by atoms with van der Waals surface area (Å²) in [4.78, 5) is 2.37. The van der Waals surface area contributed by atoms with Crippen molar-refractivity contribution < 1.29 is 0 Å². The quantitative estimate of drug-likeness (QED) is 0.919. The van der Waals surface area contributed by atoms with Gasteiger partial charge in [0.25, 0.3) is 0 Å². The molecule has 1 aliphatic rings. The van der Waals surface area contributed by atoms with Gasteiger partial charge in [-0.25, -0.2) is 0 Å². The highest BCUT2D eigenvalue weighted by atomic mass is 79.9. The highest BCUT2D eigenvalue weighted by Gasteiger charge is 2.31. The van der Waals surface area contributed by atoms with Crippen LogP contribution in [0.2, 0.25) is 0 Å². The smallest absolute Gasteiger partial charge is 0.0412 e. The van der Waals surface area contributed by atoms with Crippen LogP contribution in [0.15, 0.2) is 22.7 Å². The first kappa shape index (κ1) is 11.9. The van der Waals surface area contributed by atoms with E-state index < -0.39 is 0 Å². The van der Waals surface area contributed by atoms with Crippen molar-refractivity contribution in [1.29, 1.82) is 0 Å². The maximum absolute atomic E-state index is 5.80. The first-order valence-electron chi connectivity index (χ1n) is 5.85. The summed E-state index contributed by atoms with van der Waals surface area (Å²) in [5.41, 5.74) is 8.28. The van der Waals surface area contributed by atoms with Gasteiger partial charge in [-0.2, -0.15) is 0 Å². The number of halogens is 1. The second-order valence-corrected chi connectivity index (χ2v) is 5.58. The third-order valence-electron chi connectivity index (χ3n) is 3.56. The van der Waals surface area contributed by atoms with Gasteiger partial charge in [0.1, 0.15) is 0 Å². The third kappa shape index (κ3) is 2.41. The Kier molecular flexibility index (Phi) is 3.55. The number of hydrogen-bond acceptors (Lipinski definition) is 2. The van der Waals surface area contributed by atoms with Crippen molar-refractivity contribution in [3.63, 3.8) is 0 Å². The summed E-state index contributed by atoms with van der Waals surface area (Å²) in [6, 6.07) is 6.98. The molecule has 1 aromatic rings. The fourth-order valence-corrected chi connectivity index (χ4v) is 2.58. The number of hydrogen-bond donors (Lipinski definition) is 1. The largest absolute Gasteiger partial charge is 0.371 e. The van der Waals surface area contributed by atoms with E-state index in [9.17, 15) is 0 Å². The summed E-state index contributed by atoms with van der Waals surface area (Å²) in [5, 5.41) is 0. The summed E-state index contributed by atoms with van der Waals surface area (Å²) in [5.74, 6) is 0.874. The zero-order chi connectivity index (χ0) is 11.7. The summed E-state index contributed by atoms with van der Waals surface area (Å²) < 4.78 is 1.10. The molecule has 1 saturated carbocycles. The number of benzene rings is 1. The van der Waals surface area contributed by atoms with E-state index in [1.54, 1.807) is 0 Å². The predicted octanol–water partition coefficient (Wildman–Crippen LogP) is 3.14. The van der Waals surface area contributed by atoms with Gasteiger partial charge in [0.2, 0.25) is 0 Å². The van der Waals surface area contributed by atoms with Crippen molar-refractivity contribution in [3.05, 3.63) is 28.2 Å². The van der Waals surface area contributed by atoms with Crippen LogP contribution < -0.4 is 10.6 Å². The molecule has 0 amide bonds. The SMILES string of the molecule is CC(C1CC1)N(C)c1ccc(Br)cc1CN. The molecule has 1 fully saturated rings. The highest BCUT2D eigenvalue weighted by molar-refractivity contribution is 9.10. The van der Waals surface area contributed by atoms with Crippen molar-refractivity contribution in [2.24, 2.45) is 11.7 Å². The molecule has 0 aliphatic heterocycles. The minimum Gasteiger partial charge on any atom is -0.371 e. The molecule has 0 radical (unpaired) electrons. The van der Waals surface area contributed by atoms with Crippen molar-refractivity contribution >= 4 is 21.6 Å². The van der Waals surface area contributed by atoms with E-state index in [0.717, 1.165) is 10.4 Å². The van der Waals surface area contributed by atoms with E-state index in [1.807, 2.05) is 0 Å². The molecule has 1 unspecified atom stereocenters. The number of anilines is 1. The minimum atomic E-state index is 0.594. The van der Waals surface area contributed by atoms with E-state index in [1.165, 1.54) is 24.1 Å². The van der Waals surface area contributed by atoms with Crippen LogP contribution in [-0.4, -0.2) is 13.1 Å². The van der Waals surface area contributed by atoms with Crippen LogP contribution in [0.5, 0.6) is 0 Å². The Bertz CT molecular complexity index is 374. The average Bonchev–Trinajstić information content (AvgIpc) is 3.10. The lowest BCUT2D eigenvalue weighted by Gasteiger charge is -2.29. The molecule has 0 heterocycles. The van der Waals surface area contributed by atoms with E-state index in [0.29, 0.717) is 12.6 Å². The van der Waals surface area contributed by atoms with Gasteiger partial charge >= 0.3 is 0 Å². The Morgan fingerprint density at radius 2 is 2.19 bits per heavy atom. The van der Waals surface area contributed by atoms with Gasteiger partial charge in [0, 0.05) is 29.8 Å². The van der Waals surface area contributed by atoms with E-state index in [2.05, 4.69) is 53.0 Å². The fraction of sp³-hybridized carbons (Fsp3) is 0.538. The van der Waals surface area contributed by atoms with Gasteiger partial charge in [-0.3, -0.25) is 0 Å². The van der Waals surface area contributed by atoms with Gasteiger partial charge < -0.3 is 10.6 Å². The molecular weight excluding hydrogens is 264 g/mol. The monoisotopic (exact) mass is 282 g/mol. The summed E-state index contributed by atoms with van der Waals surface area (Å²) in [6.07, 6.45) is 2.75. The number of nitrogens with two attached hydrogens (primary N) is 1. The molecule has 1 aliphatic carbocycles. The minimum absolute atomic E-state index is 0.594. The van der Waals surface area contributed by atoms with Crippen LogP contribution in [0.1, 0.15) is 25.3 Å². The lowest BCUT2D eigenvalue weighted by Crippen LogP contribution is -2.31. The van der Waals surface area contributed by atoms with E-state index >= 15 is 0 Å². The van der Waals surface area contributed by atoms with Crippen LogP contribution in [0, 0.1) is 5.92 Å². The lowest BCUT2D eigenvalue weighted by atomic mass is 10.1. The lowest BCUT2D eigenvalue weighted by molar-refractivity contribution is 0.607. The maximum atomic E-state index is 5.80.